The van der Waals surface area contributed by atoms with Gasteiger partial charge in [-0.05, 0) is 54.8 Å². The lowest BCUT2D eigenvalue weighted by Crippen LogP contribution is -2.12. The highest BCUT2D eigenvalue weighted by Crippen LogP contribution is 2.30. The summed E-state index contributed by atoms with van der Waals surface area (Å²) in [4.78, 5) is 15.5. The summed E-state index contributed by atoms with van der Waals surface area (Å²) in [7, 11) is 0. The number of ether oxygens (including phenoxy) is 2. The van der Waals surface area contributed by atoms with Crippen molar-refractivity contribution in [1.82, 2.24) is 4.98 Å². The van der Waals surface area contributed by atoms with E-state index in [9.17, 15) is 9.18 Å². The van der Waals surface area contributed by atoms with E-state index in [1.165, 1.54) is 12.1 Å². The number of nitrogens with two attached hydrogens (primary N) is 2. The molecule has 0 unspecified atom stereocenters. The summed E-state index contributed by atoms with van der Waals surface area (Å²) in [6.45, 7) is 3.94. The second kappa shape index (κ2) is 7.96. The van der Waals surface area contributed by atoms with Crippen LogP contribution in [0, 0.1) is 12.7 Å². The molecule has 7 heteroatoms. The van der Waals surface area contributed by atoms with Crippen LogP contribution in [-0.4, -0.2) is 17.5 Å². The number of benzene rings is 2. The molecule has 1 heterocycles. The Bertz CT molecular complexity index is 1040. The van der Waals surface area contributed by atoms with Gasteiger partial charge in [0.15, 0.2) is 11.6 Å². The van der Waals surface area contributed by atoms with Crippen LogP contribution in [0.1, 0.15) is 22.8 Å². The second-order valence-electron chi connectivity index (χ2n) is 6.14. The van der Waals surface area contributed by atoms with Crippen LogP contribution in [0.3, 0.4) is 0 Å². The molecule has 0 aliphatic carbocycles. The quantitative estimate of drug-likeness (QED) is 0.670. The molecular weight excluding hydrogens is 361 g/mol. The van der Waals surface area contributed by atoms with E-state index in [2.05, 4.69) is 4.98 Å². The third-order valence-corrected chi connectivity index (χ3v) is 4.07. The Morgan fingerprint density at radius 1 is 1.11 bits per heavy atom. The minimum Gasteiger partial charge on any atom is -0.491 e. The Hall–Kier alpha value is -3.61. The summed E-state index contributed by atoms with van der Waals surface area (Å²) >= 11 is 0. The lowest BCUT2D eigenvalue weighted by Gasteiger charge is -2.11. The normalized spacial score (nSPS) is 10.5. The number of carbonyl (C=O) groups is 1. The molecule has 0 bridgehead atoms. The number of carbonyl (C=O) groups excluding carboxylic acids is 1. The predicted molar refractivity (Wildman–Crippen MR) is 105 cm³/mol. The molecule has 0 saturated heterocycles. The Morgan fingerprint density at radius 3 is 2.54 bits per heavy atom. The summed E-state index contributed by atoms with van der Waals surface area (Å²) in [6.07, 6.45) is 0. The first-order valence-electron chi connectivity index (χ1n) is 8.66. The average Bonchev–Trinajstić information content (AvgIpc) is 2.63. The number of pyridine rings is 1. The number of hydrogen-bond acceptors (Lipinski definition) is 5. The van der Waals surface area contributed by atoms with Crippen LogP contribution in [0.2, 0.25) is 0 Å². The minimum absolute atomic E-state index is 0.154. The number of aromatic nitrogens is 1. The molecule has 0 spiro atoms. The fraction of sp³-hybridized carbons (Fsp3) is 0.143. The van der Waals surface area contributed by atoms with Gasteiger partial charge in [-0.1, -0.05) is 12.1 Å². The molecule has 3 rings (SSSR count). The number of aryl methyl sites for hydroxylation is 1. The van der Waals surface area contributed by atoms with E-state index in [1.807, 2.05) is 6.07 Å². The second-order valence-corrected chi connectivity index (χ2v) is 6.14. The number of nitrogens with zero attached hydrogens (tertiary/aromatic N) is 1. The summed E-state index contributed by atoms with van der Waals surface area (Å²) in [5.41, 5.74) is 14.0. The van der Waals surface area contributed by atoms with Crippen LogP contribution in [0.4, 0.5) is 10.2 Å². The zero-order valence-corrected chi connectivity index (χ0v) is 15.5. The number of anilines is 1. The van der Waals surface area contributed by atoms with Crippen LogP contribution < -0.4 is 20.9 Å². The number of rotatable bonds is 6. The van der Waals surface area contributed by atoms with Crippen molar-refractivity contribution in [1.29, 1.82) is 0 Å². The van der Waals surface area contributed by atoms with Gasteiger partial charge in [0.05, 0.1) is 6.61 Å². The van der Waals surface area contributed by atoms with Crippen LogP contribution in [0.25, 0.3) is 11.1 Å². The summed E-state index contributed by atoms with van der Waals surface area (Å²) in [6, 6.07) is 12.9. The van der Waals surface area contributed by atoms with Crippen LogP contribution >= 0.6 is 0 Å². The van der Waals surface area contributed by atoms with Gasteiger partial charge in [-0.15, -0.1) is 0 Å². The van der Waals surface area contributed by atoms with Crippen molar-refractivity contribution in [2.75, 3.05) is 12.3 Å². The third kappa shape index (κ3) is 4.20. The molecule has 2 aromatic carbocycles. The molecule has 4 N–H and O–H groups in total. The van der Waals surface area contributed by atoms with E-state index in [0.29, 0.717) is 12.2 Å². The number of primary amides is 1. The Labute approximate surface area is 161 Å². The van der Waals surface area contributed by atoms with Crippen molar-refractivity contribution in [3.63, 3.8) is 0 Å². The zero-order chi connectivity index (χ0) is 20.3. The SMILES string of the molecule is CCOc1ccc(Oc2cc(-c3ccc(C(N)=O)c(C)c3)cc(N)n2)cc1F. The number of nitrogen functional groups attached to an aromatic ring is 1. The molecule has 28 heavy (non-hydrogen) atoms. The topological polar surface area (TPSA) is 100 Å². The van der Waals surface area contributed by atoms with Gasteiger partial charge >= 0.3 is 0 Å². The maximum Gasteiger partial charge on any atom is 0.248 e. The highest BCUT2D eigenvalue weighted by atomic mass is 19.1. The van der Waals surface area contributed by atoms with Crippen molar-refractivity contribution in [2.45, 2.75) is 13.8 Å². The molecule has 1 aromatic heterocycles. The molecule has 0 aliphatic rings. The van der Waals surface area contributed by atoms with Crippen LogP contribution in [-0.2, 0) is 0 Å². The molecule has 0 aliphatic heterocycles. The first-order valence-corrected chi connectivity index (χ1v) is 8.66. The Morgan fingerprint density at radius 2 is 1.89 bits per heavy atom. The van der Waals surface area contributed by atoms with Crippen molar-refractivity contribution in [2.24, 2.45) is 5.73 Å². The van der Waals surface area contributed by atoms with Crippen molar-refractivity contribution < 1.29 is 18.7 Å². The summed E-state index contributed by atoms with van der Waals surface area (Å²) < 4.78 is 24.9. The van der Waals surface area contributed by atoms with E-state index in [1.54, 1.807) is 44.2 Å². The van der Waals surface area contributed by atoms with Gasteiger partial charge in [-0.2, -0.15) is 4.98 Å². The number of halogens is 1. The largest absolute Gasteiger partial charge is 0.491 e. The fourth-order valence-corrected chi connectivity index (χ4v) is 2.80. The molecule has 3 aromatic rings. The van der Waals surface area contributed by atoms with Crippen molar-refractivity contribution in [3.05, 3.63) is 65.5 Å². The van der Waals surface area contributed by atoms with Crippen LogP contribution in [0.5, 0.6) is 17.4 Å². The standard InChI is InChI=1S/C21H20FN3O3/c1-3-27-18-7-5-15(11-17(18)22)28-20-10-14(9-19(23)25-20)13-4-6-16(21(24)26)12(2)8-13/h4-11H,3H2,1-2H3,(H2,23,25)(H2,24,26). The Kier molecular flexibility index (Phi) is 5.44. The number of amides is 1. The van der Waals surface area contributed by atoms with E-state index in [0.717, 1.165) is 16.7 Å². The van der Waals surface area contributed by atoms with Gasteiger partial charge < -0.3 is 20.9 Å². The van der Waals surface area contributed by atoms with E-state index in [-0.39, 0.29) is 23.2 Å². The summed E-state index contributed by atoms with van der Waals surface area (Å²) in [5, 5.41) is 0. The molecular formula is C21H20FN3O3. The van der Waals surface area contributed by atoms with Crippen molar-refractivity contribution in [3.8, 4) is 28.5 Å². The molecule has 0 radical (unpaired) electrons. The summed E-state index contributed by atoms with van der Waals surface area (Å²) in [5.74, 6) is -0.127. The van der Waals surface area contributed by atoms with Gasteiger partial charge in [0.2, 0.25) is 11.8 Å². The van der Waals surface area contributed by atoms with Gasteiger partial charge in [0, 0.05) is 17.7 Å². The number of hydrogen-bond donors (Lipinski definition) is 2. The molecule has 1 amide bonds. The molecule has 0 atom stereocenters. The van der Waals surface area contributed by atoms with E-state index < -0.39 is 11.7 Å². The lowest BCUT2D eigenvalue weighted by molar-refractivity contribution is 0.0999. The minimum atomic E-state index is -0.527. The smallest absolute Gasteiger partial charge is 0.248 e. The Balaban J connectivity index is 1.91. The van der Waals surface area contributed by atoms with Gasteiger partial charge in [-0.25, -0.2) is 4.39 Å². The molecule has 144 valence electrons. The third-order valence-electron chi connectivity index (χ3n) is 4.07. The fourth-order valence-electron chi connectivity index (χ4n) is 2.80. The van der Waals surface area contributed by atoms with Gasteiger partial charge in [-0.3, -0.25) is 4.79 Å². The first-order chi connectivity index (χ1) is 13.4. The van der Waals surface area contributed by atoms with Crippen LogP contribution in [0.15, 0.2) is 48.5 Å². The van der Waals surface area contributed by atoms with Gasteiger partial charge in [0.1, 0.15) is 11.6 Å². The maximum atomic E-state index is 14.0. The molecule has 0 saturated carbocycles. The highest BCUT2D eigenvalue weighted by Gasteiger charge is 2.11. The van der Waals surface area contributed by atoms with E-state index >= 15 is 0 Å². The highest BCUT2D eigenvalue weighted by molar-refractivity contribution is 5.95. The van der Waals surface area contributed by atoms with E-state index in [4.69, 9.17) is 20.9 Å². The zero-order valence-electron chi connectivity index (χ0n) is 15.5. The first kappa shape index (κ1) is 19.2. The average molecular weight is 381 g/mol. The molecule has 0 fully saturated rings. The van der Waals surface area contributed by atoms with Gasteiger partial charge in [0.25, 0.3) is 0 Å². The molecule has 6 nitrogen and oxygen atoms in total. The van der Waals surface area contributed by atoms with Crippen molar-refractivity contribution >= 4 is 11.7 Å². The maximum absolute atomic E-state index is 14.0. The predicted octanol–water partition coefficient (Wildman–Crippen LogP) is 4.07. The lowest BCUT2D eigenvalue weighted by atomic mass is 10.00. The monoisotopic (exact) mass is 381 g/mol.